The molecule has 0 saturated heterocycles. The third-order valence-electron chi connectivity index (χ3n) is 3.95. The number of nitrogens with zero attached hydrogens (tertiary/aromatic N) is 1. The number of hydrogen-bond donors (Lipinski definition) is 1. The minimum absolute atomic E-state index is 0.616. The second kappa shape index (κ2) is 5.19. The number of fused-ring (bicyclic) bond motifs is 1. The molecule has 2 aromatic rings. The van der Waals surface area contributed by atoms with Gasteiger partial charge in [-0.2, -0.15) is 0 Å². The molecule has 0 fully saturated rings. The van der Waals surface area contributed by atoms with Crippen LogP contribution in [0.15, 0.2) is 41.1 Å². The third kappa shape index (κ3) is 2.45. The summed E-state index contributed by atoms with van der Waals surface area (Å²) >= 11 is 3.49. The van der Waals surface area contributed by atoms with Gasteiger partial charge in [0.25, 0.3) is 0 Å². The highest BCUT2D eigenvalue weighted by Crippen LogP contribution is 2.37. The van der Waals surface area contributed by atoms with E-state index in [0.29, 0.717) is 18.6 Å². The Kier molecular flexibility index (Phi) is 3.52. The number of aliphatic hydroxyl groups is 1. The molecule has 1 aliphatic rings. The van der Waals surface area contributed by atoms with Crippen molar-refractivity contribution in [3.63, 3.8) is 0 Å². The van der Waals surface area contributed by atoms with Crippen LogP contribution < -0.4 is 4.74 Å². The number of hydrogen-bond acceptors (Lipinski definition) is 3. The molecular weight excluding hydrogens is 318 g/mol. The SMILES string of the molecule is COc1cncc(C2(O)CCc3cc(Br)ccc3C2)c1. The molecule has 0 radical (unpaired) electrons. The first-order valence-electron chi connectivity index (χ1n) is 6.60. The Morgan fingerprint density at radius 2 is 2.10 bits per heavy atom. The summed E-state index contributed by atoms with van der Waals surface area (Å²) in [5, 5.41) is 11.0. The molecule has 104 valence electrons. The van der Waals surface area contributed by atoms with Gasteiger partial charge >= 0.3 is 0 Å². The van der Waals surface area contributed by atoms with Crippen molar-refractivity contribution < 1.29 is 9.84 Å². The average molecular weight is 334 g/mol. The van der Waals surface area contributed by atoms with Gasteiger partial charge in [0, 0.05) is 22.7 Å². The van der Waals surface area contributed by atoms with Gasteiger partial charge in [-0.05, 0) is 42.2 Å². The summed E-state index contributed by atoms with van der Waals surface area (Å²) in [6.45, 7) is 0. The van der Waals surface area contributed by atoms with Crippen molar-refractivity contribution in [2.75, 3.05) is 7.11 Å². The van der Waals surface area contributed by atoms with Crippen LogP contribution >= 0.6 is 15.9 Å². The van der Waals surface area contributed by atoms with E-state index >= 15 is 0 Å². The molecule has 3 rings (SSSR count). The van der Waals surface area contributed by atoms with Gasteiger partial charge in [-0.15, -0.1) is 0 Å². The Labute approximate surface area is 126 Å². The maximum absolute atomic E-state index is 11.0. The van der Waals surface area contributed by atoms with Gasteiger partial charge in [0.15, 0.2) is 0 Å². The summed E-state index contributed by atoms with van der Waals surface area (Å²) in [7, 11) is 1.61. The molecule has 1 N–H and O–H groups in total. The van der Waals surface area contributed by atoms with Gasteiger partial charge in [0.2, 0.25) is 0 Å². The number of aryl methyl sites for hydroxylation is 1. The van der Waals surface area contributed by atoms with Crippen LogP contribution in [0.1, 0.15) is 23.1 Å². The Morgan fingerprint density at radius 3 is 2.90 bits per heavy atom. The van der Waals surface area contributed by atoms with E-state index < -0.39 is 5.60 Å². The van der Waals surface area contributed by atoms with Crippen LogP contribution in [0.4, 0.5) is 0 Å². The van der Waals surface area contributed by atoms with E-state index in [4.69, 9.17) is 4.74 Å². The van der Waals surface area contributed by atoms with E-state index in [1.807, 2.05) is 12.1 Å². The Hall–Kier alpha value is -1.39. The van der Waals surface area contributed by atoms with Crippen molar-refractivity contribution in [2.24, 2.45) is 0 Å². The van der Waals surface area contributed by atoms with Crippen LogP contribution in [0.3, 0.4) is 0 Å². The predicted molar refractivity (Wildman–Crippen MR) is 80.9 cm³/mol. The van der Waals surface area contributed by atoms with Crippen LogP contribution in [-0.4, -0.2) is 17.2 Å². The second-order valence-electron chi connectivity index (χ2n) is 5.23. The van der Waals surface area contributed by atoms with Crippen molar-refractivity contribution in [1.29, 1.82) is 0 Å². The molecule has 1 aromatic heterocycles. The van der Waals surface area contributed by atoms with Gasteiger partial charge in [-0.3, -0.25) is 4.98 Å². The van der Waals surface area contributed by atoms with E-state index in [1.54, 1.807) is 19.5 Å². The topological polar surface area (TPSA) is 42.4 Å². The summed E-state index contributed by atoms with van der Waals surface area (Å²) in [6, 6.07) is 8.11. The molecule has 4 heteroatoms. The van der Waals surface area contributed by atoms with Crippen LogP contribution in [0, 0.1) is 0 Å². The van der Waals surface area contributed by atoms with Crippen molar-refractivity contribution >= 4 is 15.9 Å². The van der Waals surface area contributed by atoms with E-state index in [9.17, 15) is 5.11 Å². The molecule has 3 nitrogen and oxygen atoms in total. The van der Waals surface area contributed by atoms with E-state index in [2.05, 4.69) is 33.0 Å². The maximum atomic E-state index is 11.0. The Morgan fingerprint density at radius 1 is 1.25 bits per heavy atom. The highest BCUT2D eigenvalue weighted by atomic mass is 79.9. The van der Waals surface area contributed by atoms with Crippen molar-refractivity contribution in [2.45, 2.75) is 24.9 Å². The fourth-order valence-corrected chi connectivity index (χ4v) is 3.18. The molecule has 0 bridgehead atoms. The molecule has 1 unspecified atom stereocenters. The average Bonchev–Trinajstić information content (AvgIpc) is 2.48. The smallest absolute Gasteiger partial charge is 0.137 e. The third-order valence-corrected chi connectivity index (χ3v) is 4.44. The highest BCUT2D eigenvalue weighted by molar-refractivity contribution is 9.10. The molecule has 0 saturated carbocycles. The molecule has 1 atom stereocenters. The van der Waals surface area contributed by atoms with Crippen molar-refractivity contribution in [3.05, 3.63) is 57.8 Å². The van der Waals surface area contributed by atoms with Gasteiger partial charge in [-0.25, -0.2) is 0 Å². The zero-order valence-corrected chi connectivity index (χ0v) is 12.9. The van der Waals surface area contributed by atoms with Gasteiger partial charge in [0.1, 0.15) is 5.75 Å². The summed E-state index contributed by atoms with van der Waals surface area (Å²) in [6.07, 6.45) is 5.56. The molecule has 0 amide bonds. The molecule has 1 aromatic carbocycles. The van der Waals surface area contributed by atoms with E-state index in [-0.39, 0.29) is 0 Å². The number of aromatic nitrogens is 1. The maximum Gasteiger partial charge on any atom is 0.137 e. The first-order valence-corrected chi connectivity index (χ1v) is 7.39. The number of rotatable bonds is 2. The highest BCUT2D eigenvalue weighted by Gasteiger charge is 2.34. The van der Waals surface area contributed by atoms with E-state index in [1.165, 1.54) is 11.1 Å². The van der Waals surface area contributed by atoms with E-state index in [0.717, 1.165) is 16.5 Å². The van der Waals surface area contributed by atoms with Gasteiger partial charge < -0.3 is 9.84 Å². The minimum atomic E-state index is -0.859. The molecular formula is C16H16BrNO2. The minimum Gasteiger partial charge on any atom is -0.495 e. The number of ether oxygens (including phenoxy) is 1. The van der Waals surface area contributed by atoms with Crippen LogP contribution in [0.2, 0.25) is 0 Å². The molecule has 0 spiro atoms. The lowest BCUT2D eigenvalue weighted by atomic mass is 9.77. The molecule has 20 heavy (non-hydrogen) atoms. The monoisotopic (exact) mass is 333 g/mol. The number of benzene rings is 1. The molecule has 0 aliphatic heterocycles. The van der Waals surface area contributed by atoms with Crippen molar-refractivity contribution in [3.8, 4) is 5.75 Å². The van der Waals surface area contributed by atoms with Gasteiger partial charge in [-0.1, -0.05) is 22.0 Å². The fourth-order valence-electron chi connectivity index (χ4n) is 2.78. The van der Waals surface area contributed by atoms with Gasteiger partial charge in [0.05, 0.1) is 18.9 Å². The van der Waals surface area contributed by atoms with Crippen LogP contribution in [0.5, 0.6) is 5.75 Å². The molecule has 1 aliphatic carbocycles. The number of pyridine rings is 1. The lowest BCUT2D eigenvalue weighted by Gasteiger charge is -2.34. The fraction of sp³-hybridized carbons (Fsp3) is 0.312. The Balaban J connectivity index is 1.96. The lowest BCUT2D eigenvalue weighted by Crippen LogP contribution is -2.33. The molecule has 1 heterocycles. The summed E-state index contributed by atoms with van der Waals surface area (Å²) < 4.78 is 6.28. The summed E-state index contributed by atoms with van der Waals surface area (Å²) in [4.78, 5) is 4.15. The zero-order chi connectivity index (χ0) is 14.2. The summed E-state index contributed by atoms with van der Waals surface area (Å²) in [5.74, 6) is 0.678. The normalized spacial score (nSPS) is 21.4. The van der Waals surface area contributed by atoms with Crippen LogP contribution in [-0.2, 0) is 18.4 Å². The lowest BCUT2D eigenvalue weighted by molar-refractivity contribution is 0.0217. The quantitative estimate of drug-likeness (QED) is 0.917. The van der Waals surface area contributed by atoms with Crippen LogP contribution in [0.25, 0.3) is 0 Å². The predicted octanol–water partition coefficient (Wildman–Crippen LogP) is 3.23. The number of halogens is 1. The first-order chi connectivity index (χ1) is 9.60. The summed E-state index contributed by atoms with van der Waals surface area (Å²) in [5.41, 5.74) is 2.47. The largest absolute Gasteiger partial charge is 0.495 e. The standard InChI is InChI=1S/C16H16BrNO2/c1-20-15-7-13(9-18-10-15)16(19)5-4-11-6-14(17)3-2-12(11)8-16/h2-3,6-7,9-10,19H,4-5,8H2,1H3. The Bertz CT molecular complexity index is 644. The van der Waals surface area contributed by atoms with Crippen molar-refractivity contribution in [1.82, 2.24) is 4.98 Å². The first kappa shape index (κ1) is 13.6. The second-order valence-corrected chi connectivity index (χ2v) is 6.15. The number of methoxy groups -OCH3 is 1. The zero-order valence-electron chi connectivity index (χ0n) is 11.3.